The number of benzene rings is 2. The number of hydrogen-bond donors (Lipinski definition) is 0. The van der Waals surface area contributed by atoms with Crippen LogP contribution in [-0.2, 0) is 16.9 Å². The smallest absolute Gasteiger partial charge is 0.258 e. The van der Waals surface area contributed by atoms with Gasteiger partial charge < -0.3 is 9.30 Å². The maximum Gasteiger partial charge on any atom is 0.258 e. The Morgan fingerprint density at radius 1 is 1.09 bits per heavy atom. The van der Waals surface area contributed by atoms with E-state index < -0.39 is 15.7 Å². The average Bonchev–Trinajstić information content (AvgIpc) is 3.52. The van der Waals surface area contributed by atoms with E-state index in [-0.39, 0.29) is 10.5 Å². The number of nitrogens with zero attached hydrogens (tertiary/aromatic N) is 3. The van der Waals surface area contributed by atoms with E-state index in [9.17, 15) is 17.6 Å². The molecule has 0 radical (unpaired) electrons. The largest absolute Gasteiger partial charge is 0.493 e. The summed E-state index contributed by atoms with van der Waals surface area (Å²) in [5, 5.41) is 5.05. The molecule has 9 heteroatoms. The van der Waals surface area contributed by atoms with E-state index >= 15 is 0 Å². The normalized spacial score (nSPS) is 14.0. The van der Waals surface area contributed by atoms with Gasteiger partial charge in [-0.05, 0) is 60.5 Å². The Labute approximate surface area is 190 Å². The summed E-state index contributed by atoms with van der Waals surface area (Å²) in [6.07, 6.45) is 7.40. The summed E-state index contributed by atoms with van der Waals surface area (Å²) in [6.45, 7) is 0.548. The Hall–Kier alpha value is -3.46. The average molecular weight is 468 g/mol. The molecule has 0 aliphatic heterocycles. The number of pyridine rings is 1. The number of sulfone groups is 1. The van der Waals surface area contributed by atoms with Gasteiger partial charge in [0.05, 0.1) is 29.6 Å². The minimum absolute atomic E-state index is 0.156. The zero-order chi connectivity index (χ0) is 23.3. The van der Waals surface area contributed by atoms with Crippen molar-refractivity contribution in [2.45, 2.75) is 17.7 Å². The lowest BCUT2D eigenvalue weighted by molar-refractivity contribution is 0.301. The SMILES string of the molecule is Cn1cc(-c2cc(S(C)(=O)=O)ccc2OCC2CC2)c2cc(-n3cc(F)cn3)ccc2c1=O. The fraction of sp³-hybridized carbons (Fsp3) is 0.250. The number of fused-ring (bicyclic) bond motifs is 1. The van der Waals surface area contributed by atoms with E-state index in [1.807, 2.05) is 0 Å². The van der Waals surface area contributed by atoms with Gasteiger partial charge in [-0.1, -0.05) is 0 Å². The lowest BCUT2D eigenvalue weighted by atomic mass is 9.99. The molecule has 0 saturated heterocycles. The molecule has 4 aromatic rings. The Balaban J connectivity index is 1.77. The van der Waals surface area contributed by atoms with Crippen LogP contribution >= 0.6 is 0 Å². The summed E-state index contributed by atoms with van der Waals surface area (Å²) in [4.78, 5) is 13.0. The Bertz CT molecular complexity index is 1550. The van der Waals surface area contributed by atoms with Crippen molar-refractivity contribution in [2.75, 3.05) is 12.9 Å². The third-order valence-electron chi connectivity index (χ3n) is 5.82. The molecule has 2 aromatic heterocycles. The summed E-state index contributed by atoms with van der Waals surface area (Å²) in [5.41, 5.74) is 1.58. The summed E-state index contributed by atoms with van der Waals surface area (Å²) < 4.78 is 47.0. The monoisotopic (exact) mass is 467 g/mol. The molecule has 0 N–H and O–H groups in total. The fourth-order valence-corrected chi connectivity index (χ4v) is 4.47. The molecule has 2 heterocycles. The van der Waals surface area contributed by atoms with Crippen LogP contribution in [0.3, 0.4) is 0 Å². The van der Waals surface area contributed by atoms with E-state index in [2.05, 4.69) is 5.10 Å². The lowest BCUT2D eigenvalue weighted by Crippen LogP contribution is -2.17. The highest BCUT2D eigenvalue weighted by Crippen LogP contribution is 2.38. The molecule has 2 aromatic carbocycles. The first-order valence-corrected chi connectivity index (χ1v) is 12.4. The summed E-state index contributed by atoms with van der Waals surface area (Å²) in [6, 6.07) is 9.88. The van der Waals surface area contributed by atoms with E-state index in [0.717, 1.165) is 25.3 Å². The maximum absolute atomic E-state index is 13.5. The van der Waals surface area contributed by atoms with Crippen molar-refractivity contribution in [1.29, 1.82) is 0 Å². The van der Waals surface area contributed by atoms with E-state index in [1.165, 1.54) is 21.5 Å². The molecular formula is C24H22FN3O4S. The molecule has 0 spiro atoms. The number of hydrogen-bond acceptors (Lipinski definition) is 5. The summed E-state index contributed by atoms with van der Waals surface area (Å²) in [5.74, 6) is 0.575. The van der Waals surface area contributed by atoms with Crippen LogP contribution in [0.2, 0.25) is 0 Å². The van der Waals surface area contributed by atoms with Gasteiger partial charge in [0.15, 0.2) is 15.7 Å². The predicted molar refractivity (Wildman–Crippen MR) is 123 cm³/mol. The van der Waals surface area contributed by atoms with Crippen molar-refractivity contribution in [1.82, 2.24) is 14.3 Å². The van der Waals surface area contributed by atoms with Gasteiger partial charge in [0.1, 0.15) is 5.75 Å². The first kappa shape index (κ1) is 21.4. The van der Waals surface area contributed by atoms with Gasteiger partial charge in [-0.15, -0.1) is 0 Å². The number of aromatic nitrogens is 3. The van der Waals surface area contributed by atoms with Crippen LogP contribution in [0.5, 0.6) is 5.75 Å². The Morgan fingerprint density at radius 2 is 1.88 bits per heavy atom. The van der Waals surface area contributed by atoms with Crippen LogP contribution in [-0.4, -0.2) is 35.6 Å². The molecule has 1 aliphatic carbocycles. The Kier molecular flexibility index (Phi) is 5.08. The molecular weight excluding hydrogens is 445 g/mol. The van der Waals surface area contributed by atoms with Gasteiger partial charge in [-0.25, -0.2) is 17.5 Å². The third-order valence-corrected chi connectivity index (χ3v) is 6.93. The van der Waals surface area contributed by atoms with Crippen molar-refractivity contribution in [3.8, 4) is 22.6 Å². The highest BCUT2D eigenvalue weighted by molar-refractivity contribution is 7.90. The van der Waals surface area contributed by atoms with Gasteiger partial charge in [0.25, 0.3) is 5.56 Å². The first-order chi connectivity index (χ1) is 15.7. The molecule has 1 aliphatic rings. The molecule has 7 nitrogen and oxygen atoms in total. The number of rotatable bonds is 6. The minimum atomic E-state index is -3.47. The van der Waals surface area contributed by atoms with Crippen LogP contribution < -0.4 is 10.3 Å². The van der Waals surface area contributed by atoms with Crippen molar-refractivity contribution < 1.29 is 17.5 Å². The second-order valence-electron chi connectivity index (χ2n) is 8.48. The topological polar surface area (TPSA) is 83.2 Å². The fourth-order valence-electron chi connectivity index (χ4n) is 3.82. The molecule has 5 rings (SSSR count). The maximum atomic E-state index is 13.5. The highest BCUT2D eigenvalue weighted by atomic mass is 32.2. The van der Waals surface area contributed by atoms with Crippen LogP contribution in [0.25, 0.3) is 27.6 Å². The Morgan fingerprint density at radius 3 is 2.55 bits per heavy atom. The zero-order valence-electron chi connectivity index (χ0n) is 18.2. The van der Waals surface area contributed by atoms with Crippen LogP contribution in [0.15, 0.2) is 64.7 Å². The minimum Gasteiger partial charge on any atom is -0.493 e. The highest BCUT2D eigenvalue weighted by Gasteiger charge is 2.24. The quantitative estimate of drug-likeness (QED) is 0.432. The van der Waals surface area contributed by atoms with Crippen LogP contribution in [0.1, 0.15) is 12.8 Å². The molecule has 0 atom stereocenters. The molecule has 0 unspecified atom stereocenters. The van der Waals surface area contributed by atoms with Gasteiger partial charge in [-0.2, -0.15) is 5.10 Å². The van der Waals surface area contributed by atoms with Crippen molar-refractivity contribution in [3.05, 3.63) is 71.2 Å². The lowest BCUT2D eigenvalue weighted by Gasteiger charge is -2.16. The number of ether oxygens (including phenoxy) is 1. The molecule has 1 saturated carbocycles. The second kappa shape index (κ2) is 7.84. The molecule has 1 fully saturated rings. The summed E-state index contributed by atoms with van der Waals surface area (Å²) >= 11 is 0. The number of aryl methyl sites for hydroxylation is 1. The second-order valence-corrected chi connectivity index (χ2v) is 10.5. The van der Waals surface area contributed by atoms with Gasteiger partial charge in [0.2, 0.25) is 0 Å². The number of halogens is 1. The van der Waals surface area contributed by atoms with E-state index in [1.54, 1.807) is 43.6 Å². The predicted octanol–water partition coefficient (Wildman–Crippen LogP) is 3.72. The van der Waals surface area contributed by atoms with Crippen molar-refractivity contribution >= 4 is 20.6 Å². The molecule has 0 bridgehead atoms. The van der Waals surface area contributed by atoms with E-state index in [0.29, 0.717) is 45.9 Å². The van der Waals surface area contributed by atoms with Gasteiger partial charge >= 0.3 is 0 Å². The van der Waals surface area contributed by atoms with Gasteiger partial charge in [0, 0.05) is 36.0 Å². The standard InChI is InChI=1S/C24H22FN3O4S/c1-27-13-22(20-9-17(5-7-19(20)24(27)29)28-12-16(25)11-26-28)21-10-18(33(2,30)31)6-8-23(21)32-14-15-3-4-15/h5-13,15H,3-4,14H2,1-2H3. The zero-order valence-corrected chi connectivity index (χ0v) is 19.0. The molecule has 0 amide bonds. The van der Waals surface area contributed by atoms with E-state index in [4.69, 9.17) is 4.74 Å². The van der Waals surface area contributed by atoms with Crippen LogP contribution in [0.4, 0.5) is 4.39 Å². The summed E-state index contributed by atoms with van der Waals surface area (Å²) in [7, 11) is -1.82. The third kappa shape index (κ3) is 4.16. The van der Waals surface area contributed by atoms with Crippen molar-refractivity contribution in [2.24, 2.45) is 13.0 Å². The van der Waals surface area contributed by atoms with Gasteiger partial charge in [-0.3, -0.25) is 4.79 Å². The van der Waals surface area contributed by atoms with Crippen LogP contribution in [0, 0.1) is 11.7 Å². The first-order valence-electron chi connectivity index (χ1n) is 10.5. The molecule has 33 heavy (non-hydrogen) atoms. The molecule has 170 valence electrons. The van der Waals surface area contributed by atoms with Crippen molar-refractivity contribution in [3.63, 3.8) is 0 Å².